The summed E-state index contributed by atoms with van der Waals surface area (Å²) in [7, 11) is 0. The summed E-state index contributed by atoms with van der Waals surface area (Å²) in [5.74, 6) is 8.85. The molecule has 0 bridgehead atoms. The monoisotopic (exact) mass is 394 g/mol. The molecule has 0 radical (unpaired) electrons. The molecule has 29 heavy (non-hydrogen) atoms. The largest absolute Gasteiger partial charge is 0.241 e. The van der Waals surface area contributed by atoms with Crippen molar-refractivity contribution >= 4 is 0 Å². The molecule has 1 heterocycles. The van der Waals surface area contributed by atoms with Crippen LogP contribution in [0, 0.1) is 59.7 Å². The van der Waals surface area contributed by atoms with Gasteiger partial charge in [-0.05, 0) is 117 Å². The molecule has 160 valence electrons. The molecule has 1 aromatic rings. The van der Waals surface area contributed by atoms with Crippen LogP contribution in [0.15, 0.2) is 12.4 Å². The first-order chi connectivity index (χ1) is 14.0. The third kappa shape index (κ3) is 3.47. The number of aryl methyl sites for hydroxylation is 1. The molecule has 0 spiro atoms. The lowest BCUT2D eigenvalue weighted by Gasteiger charge is -2.56. The van der Waals surface area contributed by atoms with E-state index in [-0.39, 0.29) is 0 Å². The van der Waals surface area contributed by atoms with Crippen molar-refractivity contribution in [1.82, 2.24) is 9.97 Å². The van der Waals surface area contributed by atoms with Crippen molar-refractivity contribution < 1.29 is 0 Å². The van der Waals surface area contributed by atoms with Crippen LogP contribution in [-0.2, 0) is 6.42 Å². The summed E-state index contributed by atoms with van der Waals surface area (Å²) >= 11 is 0. The van der Waals surface area contributed by atoms with Gasteiger partial charge in [0, 0.05) is 18.8 Å². The van der Waals surface area contributed by atoms with E-state index in [2.05, 4.69) is 37.7 Å². The molecule has 0 aromatic carbocycles. The molecule has 4 aliphatic rings. The molecule has 4 saturated carbocycles. The normalized spacial score (nSPS) is 45.2. The zero-order valence-electron chi connectivity index (χ0n) is 19.2. The molecule has 0 amide bonds. The summed E-state index contributed by atoms with van der Waals surface area (Å²) < 4.78 is 0. The zero-order chi connectivity index (χ0) is 20.2. The summed E-state index contributed by atoms with van der Waals surface area (Å²) in [6.45, 7) is 9.76. The van der Waals surface area contributed by atoms with E-state index < -0.39 is 0 Å². The van der Waals surface area contributed by atoms with Crippen molar-refractivity contribution in [2.75, 3.05) is 0 Å². The van der Waals surface area contributed by atoms with Crippen molar-refractivity contribution in [1.29, 1.82) is 0 Å². The van der Waals surface area contributed by atoms with Crippen molar-refractivity contribution in [2.45, 2.75) is 91.9 Å². The van der Waals surface area contributed by atoms with Gasteiger partial charge in [-0.15, -0.1) is 0 Å². The van der Waals surface area contributed by atoms with Gasteiger partial charge in [0.25, 0.3) is 0 Å². The van der Waals surface area contributed by atoms with E-state index >= 15 is 0 Å². The molecule has 4 fully saturated rings. The molecule has 9 atom stereocenters. The van der Waals surface area contributed by atoms with Gasteiger partial charge in [-0.1, -0.05) is 27.2 Å². The van der Waals surface area contributed by atoms with E-state index in [9.17, 15) is 0 Å². The Morgan fingerprint density at radius 2 is 1.72 bits per heavy atom. The molecule has 0 aliphatic heterocycles. The lowest BCUT2D eigenvalue weighted by atomic mass is 9.48. The average molecular weight is 395 g/mol. The van der Waals surface area contributed by atoms with Crippen LogP contribution in [0.5, 0.6) is 0 Å². The summed E-state index contributed by atoms with van der Waals surface area (Å²) in [6, 6.07) is 0. The van der Waals surface area contributed by atoms with Crippen LogP contribution in [0.3, 0.4) is 0 Å². The fourth-order valence-electron chi connectivity index (χ4n) is 9.02. The fraction of sp³-hybridized carbons (Fsp3) is 0.852. The second-order valence-electron chi connectivity index (χ2n) is 11.9. The Balaban J connectivity index is 1.30. The Kier molecular flexibility index (Phi) is 5.28. The van der Waals surface area contributed by atoms with Gasteiger partial charge in [0.05, 0.1) is 0 Å². The number of rotatable bonds is 3. The Hall–Kier alpha value is -0.920. The first kappa shape index (κ1) is 20.0. The molecule has 4 aliphatic carbocycles. The Labute approximate surface area is 178 Å². The van der Waals surface area contributed by atoms with Gasteiger partial charge >= 0.3 is 0 Å². The van der Waals surface area contributed by atoms with Crippen molar-refractivity contribution in [3.05, 3.63) is 23.8 Å². The van der Waals surface area contributed by atoms with E-state index in [4.69, 9.17) is 0 Å². The second-order valence-corrected chi connectivity index (χ2v) is 11.9. The van der Waals surface area contributed by atoms with Crippen molar-refractivity contribution in [2.24, 2.45) is 52.8 Å². The molecule has 2 heteroatoms. The molecular formula is C27H42N2. The minimum atomic E-state index is 0.570. The van der Waals surface area contributed by atoms with Crippen LogP contribution in [0.4, 0.5) is 0 Å². The molecular weight excluding hydrogens is 352 g/mol. The lowest BCUT2D eigenvalue weighted by Crippen LogP contribution is -2.49. The van der Waals surface area contributed by atoms with E-state index in [1.807, 2.05) is 12.4 Å². The quantitative estimate of drug-likeness (QED) is 0.559. The van der Waals surface area contributed by atoms with Crippen LogP contribution in [-0.4, -0.2) is 9.97 Å². The molecule has 5 rings (SSSR count). The van der Waals surface area contributed by atoms with Gasteiger partial charge in [-0.2, -0.15) is 0 Å². The third-order valence-corrected chi connectivity index (χ3v) is 10.3. The Bertz CT molecular complexity index is 712. The number of hydrogen-bond acceptors (Lipinski definition) is 2. The summed E-state index contributed by atoms with van der Waals surface area (Å²) in [5.41, 5.74) is 1.74. The zero-order valence-corrected chi connectivity index (χ0v) is 19.2. The van der Waals surface area contributed by atoms with Crippen LogP contribution in [0.2, 0.25) is 0 Å². The highest BCUT2D eigenvalue weighted by Crippen LogP contribution is 2.65. The molecule has 3 unspecified atom stereocenters. The van der Waals surface area contributed by atoms with E-state index in [0.29, 0.717) is 11.3 Å². The van der Waals surface area contributed by atoms with Gasteiger partial charge < -0.3 is 0 Å². The lowest BCUT2D eigenvalue weighted by molar-refractivity contribution is -0.0728. The Morgan fingerprint density at radius 1 is 0.966 bits per heavy atom. The second kappa shape index (κ2) is 7.65. The number of hydrogen-bond donors (Lipinski definition) is 0. The SMILES string of the molecule is Cc1cnc(C[C@H](C)C2CCC3[C@@H]4CC[C@@H]5C[C@@H](C)CC[C@@H]5C4CC[C@@]32C)nc1. The van der Waals surface area contributed by atoms with Crippen LogP contribution in [0.25, 0.3) is 0 Å². The summed E-state index contributed by atoms with van der Waals surface area (Å²) in [6.07, 6.45) is 18.7. The predicted octanol–water partition coefficient (Wildman–Crippen LogP) is 6.87. The van der Waals surface area contributed by atoms with Crippen molar-refractivity contribution in [3.63, 3.8) is 0 Å². The maximum absolute atomic E-state index is 4.62. The van der Waals surface area contributed by atoms with Gasteiger partial charge in [0.2, 0.25) is 0 Å². The van der Waals surface area contributed by atoms with E-state index in [0.717, 1.165) is 53.7 Å². The summed E-state index contributed by atoms with van der Waals surface area (Å²) in [5, 5.41) is 0. The maximum atomic E-state index is 4.62. The van der Waals surface area contributed by atoms with Crippen LogP contribution >= 0.6 is 0 Å². The number of fused-ring (bicyclic) bond motifs is 5. The van der Waals surface area contributed by atoms with Gasteiger partial charge in [0.15, 0.2) is 0 Å². The molecule has 2 nitrogen and oxygen atoms in total. The molecule has 0 N–H and O–H groups in total. The first-order valence-corrected chi connectivity index (χ1v) is 12.7. The highest BCUT2D eigenvalue weighted by atomic mass is 14.9. The Morgan fingerprint density at radius 3 is 2.52 bits per heavy atom. The first-order valence-electron chi connectivity index (χ1n) is 12.7. The average Bonchev–Trinajstić information content (AvgIpc) is 3.06. The van der Waals surface area contributed by atoms with Gasteiger partial charge in [0.1, 0.15) is 5.82 Å². The smallest absolute Gasteiger partial charge is 0.128 e. The van der Waals surface area contributed by atoms with Crippen LogP contribution in [0.1, 0.15) is 89.9 Å². The van der Waals surface area contributed by atoms with Crippen LogP contribution < -0.4 is 0 Å². The standard InChI is InChI=1S/C27H42N2/c1-17-5-7-21-20(13-17)6-8-23-22(21)11-12-27(4)24(9-10-25(23)27)19(3)14-26-28-15-18(2)16-29-26/h15-17,19-25H,5-14H2,1-4H3/t17-,19-,20+,21-,22?,23+,24?,25?,27+/m0/s1. The topological polar surface area (TPSA) is 25.8 Å². The number of aromatic nitrogens is 2. The van der Waals surface area contributed by atoms with Gasteiger partial charge in [-0.25, -0.2) is 9.97 Å². The van der Waals surface area contributed by atoms with Crippen molar-refractivity contribution in [3.8, 4) is 0 Å². The highest BCUT2D eigenvalue weighted by molar-refractivity contribution is 5.08. The minimum absolute atomic E-state index is 0.570. The number of nitrogens with zero attached hydrogens (tertiary/aromatic N) is 2. The predicted molar refractivity (Wildman–Crippen MR) is 119 cm³/mol. The minimum Gasteiger partial charge on any atom is -0.241 e. The highest BCUT2D eigenvalue weighted by Gasteiger charge is 2.57. The maximum Gasteiger partial charge on any atom is 0.128 e. The van der Waals surface area contributed by atoms with Gasteiger partial charge in [-0.3, -0.25) is 0 Å². The fourth-order valence-corrected chi connectivity index (χ4v) is 9.02. The third-order valence-electron chi connectivity index (χ3n) is 10.3. The van der Waals surface area contributed by atoms with E-state index in [1.54, 1.807) is 19.3 Å². The molecule has 1 aromatic heterocycles. The molecule has 0 saturated heterocycles. The summed E-state index contributed by atoms with van der Waals surface area (Å²) in [4.78, 5) is 9.24. The van der Waals surface area contributed by atoms with E-state index in [1.165, 1.54) is 44.1 Å².